The molecule has 2 aromatic carbocycles. The van der Waals surface area contributed by atoms with E-state index in [1.165, 1.54) is 0 Å². The van der Waals surface area contributed by atoms with E-state index in [0.717, 1.165) is 5.56 Å². The van der Waals surface area contributed by atoms with E-state index < -0.39 is 10.8 Å². The Bertz CT molecular complexity index is 793. The van der Waals surface area contributed by atoms with Gasteiger partial charge in [-0.05, 0) is 23.8 Å². The zero-order valence-electron chi connectivity index (χ0n) is 15.1. The molecule has 2 rings (SSSR count). The van der Waals surface area contributed by atoms with Gasteiger partial charge in [-0.1, -0.05) is 6.07 Å². The zero-order valence-corrected chi connectivity index (χ0v) is 16.9. The molecule has 5 nitrogen and oxygen atoms in total. The minimum atomic E-state index is -1.21. The third kappa shape index (κ3) is 4.95. The van der Waals surface area contributed by atoms with E-state index in [2.05, 4.69) is 12.6 Å². The molecule has 0 saturated carbocycles. The largest absolute Gasteiger partial charge is 0.496 e. The quantitative estimate of drug-likeness (QED) is 0.688. The first kappa shape index (κ1) is 20.2. The molecule has 0 radical (unpaired) electrons. The Morgan fingerprint density at radius 1 is 0.923 bits per heavy atom. The van der Waals surface area contributed by atoms with Crippen LogP contribution in [0.2, 0.25) is 0 Å². The van der Waals surface area contributed by atoms with Crippen molar-refractivity contribution in [2.24, 2.45) is 0 Å². The maximum absolute atomic E-state index is 12.4. The average molecular weight is 395 g/mol. The molecule has 1 atom stereocenters. The van der Waals surface area contributed by atoms with Gasteiger partial charge in [0.15, 0.2) is 0 Å². The van der Waals surface area contributed by atoms with E-state index >= 15 is 0 Å². The Labute approximate surface area is 161 Å². The molecule has 26 heavy (non-hydrogen) atoms. The van der Waals surface area contributed by atoms with E-state index in [1.807, 2.05) is 18.2 Å². The maximum atomic E-state index is 12.4. The minimum Gasteiger partial charge on any atom is -0.496 e. The lowest BCUT2D eigenvalue weighted by Crippen LogP contribution is -1.96. The van der Waals surface area contributed by atoms with Crippen LogP contribution in [0.5, 0.6) is 23.0 Å². The summed E-state index contributed by atoms with van der Waals surface area (Å²) in [6.07, 6.45) is 1.73. The van der Waals surface area contributed by atoms with Crippen LogP contribution in [0, 0.1) is 0 Å². The number of hydrogen-bond donors (Lipinski definition) is 1. The van der Waals surface area contributed by atoms with Gasteiger partial charge in [-0.25, -0.2) is 0 Å². The van der Waals surface area contributed by atoms with Crippen LogP contribution in [0.15, 0.2) is 40.6 Å². The van der Waals surface area contributed by atoms with Crippen molar-refractivity contribution in [2.75, 3.05) is 28.4 Å². The first-order chi connectivity index (χ1) is 12.5. The molecule has 140 valence electrons. The van der Waals surface area contributed by atoms with Gasteiger partial charge in [0.2, 0.25) is 0 Å². The molecule has 0 amide bonds. The highest BCUT2D eigenvalue weighted by Gasteiger charge is 2.11. The predicted molar refractivity (Wildman–Crippen MR) is 107 cm³/mol. The minimum absolute atomic E-state index is 0.370. The smallest absolute Gasteiger partial charge is 0.133 e. The molecular weight excluding hydrogens is 372 g/mol. The molecular formula is C19H22O5S2. The van der Waals surface area contributed by atoms with Crippen molar-refractivity contribution in [3.8, 4) is 23.0 Å². The maximum Gasteiger partial charge on any atom is 0.133 e. The Hall–Kier alpha value is -2.12. The van der Waals surface area contributed by atoms with E-state index in [-0.39, 0.29) is 0 Å². The summed E-state index contributed by atoms with van der Waals surface area (Å²) in [5.74, 6) is 2.84. The van der Waals surface area contributed by atoms with Gasteiger partial charge in [0.1, 0.15) is 23.0 Å². The topological polar surface area (TPSA) is 54.0 Å². The molecule has 0 aliphatic rings. The van der Waals surface area contributed by atoms with Gasteiger partial charge in [0.05, 0.1) is 50.6 Å². The molecule has 0 spiro atoms. The summed E-state index contributed by atoms with van der Waals surface area (Å²) in [6.45, 7) is 0. The van der Waals surface area contributed by atoms with E-state index in [0.29, 0.717) is 39.2 Å². The molecule has 0 aliphatic carbocycles. The molecule has 0 aromatic heterocycles. The van der Waals surface area contributed by atoms with E-state index in [4.69, 9.17) is 18.9 Å². The van der Waals surface area contributed by atoms with Crippen LogP contribution in [0.1, 0.15) is 11.1 Å². The zero-order chi connectivity index (χ0) is 19.1. The van der Waals surface area contributed by atoms with Crippen molar-refractivity contribution in [3.05, 3.63) is 46.9 Å². The Balaban J connectivity index is 2.21. The van der Waals surface area contributed by atoms with Crippen molar-refractivity contribution in [1.29, 1.82) is 0 Å². The van der Waals surface area contributed by atoms with Crippen LogP contribution in [0.4, 0.5) is 0 Å². The Kier molecular flexibility index (Phi) is 7.41. The first-order valence-electron chi connectivity index (χ1n) is 7.73. The fraction of sp³-hybridized carbons (Fsp3) is 0.263. The number of rotatable bonds is 8. The number of ether oxygens (including phenoxy) is 4. The second-order valence-corrected chi connectivity index (χ2v) is 7.08. The monoisotopic (exact) mass is 394 g/mol. The van der Waals surface area contributed by atoms with Crippen molar-refractivity contribution in [3.63, 3.8) is 0 Å². The van der Waals surface area contributed by atoms with Gasteiger partial charge in [-0.15, -0.1) is 12.6 Å². The summed E-state index contributed by atoms with van der Waals surface area (Å²) >= 11 is 4.36. The average Bonchev–Trinajstić information content (AvgIpc) is 2.65. The third-order valence-electron chi connectivity index (χ3n) is 3.69. The summed E-state index contributed by atoms with van der Waals surface area (Å²) in [6, 6.07) is 9.04. The lowest BCUT2D eigenvalue weighted by atomic mass is 10.1. The Morgan fingerprint density at radius 2 is 1.54 bits per heavy atom. The van der Waals surface area contributed by atoms with Crippen LogP contribution in [0.3, 0.4) is 0 Å². The molecule has 0 fully saturated rings. The first-order valence-corrected chi connectivity index (χ1v) is 9.56. The van der Waals surface area contributed by atoms with Crippen LogP contribution in [-0.2, 0) is 16.6 Å². The molecule has 0 N–H and O–H groups in total. The summed E-state index contributed by atoms with van der Waals surface area (Å²) < 4.78 is 33.6. The molecule has 7 heteroatoms. The third-order valence-corrected chi connectivity index (χ3v) is 5.10. The number of thiol groups is 1. The molecule has 0 saturated heterocycles. The van der Waals surface area contributed by atoms with Gasteiger partial charge in [0.25, 0.3) is 0 Å². The molecule has 0 aliphatic heterocycles. The van der Waals surface area contributed by atoms with Crippen LogP contribution in [-0.4, -0.2) is 32.6 Å². The summed E-state index contributed by atoms with van der Waals surface area (Å²) in [4.78, 5) is 0.712. The molecule has 0 heterocycles. The van der Waals surface area contributed by atoms with Gasteiger partial charge < -0.3 is 18.9 Å². The SMILES string of the molecule is COc1cc(OC)c(/C=C/S(=O)Cc2ccc(OC)c(S)c2)c(OC)c1. The fourth-order valence-electron chi connectivity index (χ4n) is 2.38. The van der Waals surface area contributed by atoms with Gasteiger partial charge >= 0.3 is 0 Å². The predicted octanol–water partition coefficient (Wildman–Crippen LogP) is 3.93. The van der Waals surface area contributed by atoms with Crippen molar-refractivity contribution in [2.45, 2.75) is 10.6 Å². The van der Waals surface area contributed by atoms with E-state index in [1.54, 1.807) is 52.1 Å². The molecule has 1 unspecified atom stereocenters. The van der Waals surface area contributed by atoms with Gasteiger partial charge in [0, 0.05) is 22.4 Å². The fourth-order valence-corrected chi connectivity index (χ4v) is 3.60. The highest BCUT2D eigenvalue weighted by atomic mass is 32.2. The summed E-state index contributed by atoms with van der Waals surface area (Å²) in [7, 11) is 5.07. The normalized spacial score (nSPS) is 12.0. The highest BCUT2D eigenvalue weighted by Crippen LogP contribution is 2.35. The lowest BCUT2D eigenvalue weighted by Gasteiger charge is -2.12. The standard InChI is InChI=1S/C19H22O5S2/c1-21-14-10-17(23-3)15(18(11-14)24-4)7-8-26(20)12-13-5-6-16(22-2)19(25)9-13/h5-11,25H,12H2,1-4H3/b8-7+. The highest BCUT2D eigenvalue weighted by molar-refractivity contribution is 7.87. The van der Waals surface area contributed by atoms with Gasteiger partial charge in [-0.3, -0.25) is 4.21 Å². The van der Waals surface area contributed by atoms with Crippen molar-refractivity contribution < 1.29 is 23.2 Å². The number of methoxy groups -OCH3 is 4. The lowest BCUT2D eigenvalue weighted by molar-refractivity contribution is 0.374. The van der Waals surface area contributed by atoms with Crippen molar-refractivity contribution in [1.82, 2.24) is 0 Å². The number of benzene rings is 2. The van der Waals surface area contributed by atoms with Crippen LogP contribution < -0.4 is 18.9 Å². The second-order valence-electron chi connectivity index (χ2n) is 5.28. The van der Waals surface area contributed by atoms with E-state index in [9.17, 15) is 4.21 Å². The molecule has 2 aromatic rings. The summed E-state index contributed by atoms with van der Waals surface area (Å²) in [5, 5.41) is 1.62. The Morgan fingerprint density at radius 3 is 2.04 bits per heavy atom. The van der Waals surface area contributed by atoms with Gasteiger partial charge in [-0.2, -0.15) is 0 Å². The van der Waals surface area contributed by atoms with Crippen molar-refractivity contribution >= 4 is 29.5 Å². The van der Waals surface area contributed by atoms with Crippen LogP contribution >= 0.6 is 12.6 Å². The second kappa shape index (κ2) is 9.54. The molecule has 0 bridgehead atoms. The number of hydrogen-bond acceptors (Lipinski definition) is 6. The summed E-state index contributed by atoms with van der Waals surface area (Å²) in [5.41, 5.74) is 1.61. The van der Waals surface area contributed by atoms with Crippen LogP contribution in [0.25, 0.3) is 6.08 Å².